The molecule has 1 aliphatic rings. The molecule has 0 spiro atoms. The third-order valence-electron chi connectivity index (χ3n) is 3.40. The van der Waals surface area contributed by atoms with Gasteiger partial charge in [-0.1, -0.05) is 25.0 Å². The predicted octanol–water partition coefficient (Wildman–Crippen LogP) is 4.98. The highest BCUT2D eigenvalue weighted by Gasteiger charge is 2.45. The molecule has 2 atom stereocenters. The van der Waals surface area contributed by atoms with Gasteiger partial charge >= 0.3 is 6.18 Å². The van der Waals surface area contributed by atoms with Crippen LogP contribution in [0.3, 0.4) is 0 Å². The molecule has 1 saturated carbocycles. The molecule has 1 N–H and O–H groups in total. The van der Waals surface area contributed by atoms with E-state index < -0.39 is 18.1 Å². The van der Waals surface area contributed by atoms with Crippen molar-refractivity contribution >= 4 is 21.6 Å². The van der Waals surface area contributed by atoms with Crippen molar-refractivity contribution in [3.05, 3.63) is 28.7 Å². The van der Waals surface area contributed by atoms with Crippen LogP contribution in [-0.4, -0.2) is 12.2 Å². The second kappa shape index (κ2) is 5.51. The van der Waals surface area contributed by atoms with Gasteiger partial charge in [0.25, 0.3) is 0 Å². The maximum absolute atomic E-state index is 12.9. The molecule has 1 aromatic rings. The molecule has 5 heteroatoms. The van der Waals surface area contributed by atoms with E-state index in [1.54, 1.807) is 6.07 Å². The van der Waals surface area contributed by atoms with Crippen molar-refractivity contribution in [3.8, 4) is 0 Å². The summed E-state index contributed by atoms with van der Waals surface area (Å²) in [6.45, 7) is 0. The van der Waals surface area contributed by atoms with Crippen LogP contribution in [-0.2, 0) is 0 Å². The SMILES string of the molecule is FC(F)(F)C1CCCCC1Nc1ccccc1Br. The molecular weight excluding hydrogens is 307 g/mol. The van der Waals surface area contributed by atoms with E-state index in [0.29, 0.717) is 12.8 Å². The largest absolute Gasteiger partial charge is 0.393 e. The van der Waals surface area contributed by atoms with E-state index in [1.807, 2.05) is 18.2 Å². The summed E-state index contributed by atoms with van der Waals surface area (Å²) in [5.74, 6) is -1.24. The first-order chi connectivity index (χ1) is 8.48. The Morgan fingerprint density at radius 1 is 1.11 bits per heavy atom. The molecule has 0 saturated heterocycles. The van der Waals surface area contributed by atoms with Gasteiger partial charge in [0.05, 0.1) is 5.92 Å². The predicted molar refractivity (Wildman–Crippen MR) is 69.6 cm³/mol. The average Bonchev–Trinajstić information content (AvgIpc) is 2.31. The molecule has 0 heterocycles. The Labute approximate surface area is 113 Å². The average molecular weight is 322 g/mol. The molecule has 0 amide bonds. The molecule has 0 bridgehead atoms. The normalized spacial score (nSPS) is 24.9. The number of halogens is 4. The van der Waals surface area contributed by atoms with Gasteiger partial charge in [-0.15, -0.1) is 0 Å². The highest BCUT2D eigenvalue weighted by molar-refractivity contribution is 9.10. The standard InChI is InChI=1S/C13H15BrF3N/c14-10-6-2-4-8-12(10)18-11-7-3-1-5-9(11)13(15,16)17/h2,4,6,8-9,11,18H,1,3,5,7H2. The number of hydrogen-bond donors (Lipinski definition) is 1. The zero-order chi connectivity index (χ0) is 13.2. The second-order valence-corrected chi connectivity index (χ2v) is 5.52. The van der Waals surface area contributed by atoms with Crippen LogP contribution in [0.15, 0.2) is 28.7 Å². The number of rotatable bonds is 2. The van der Waals surface area contributed by atoms with Gasteiger partial charge in [-0.3, -0.25) is 0 Å². The van der Waals surface area contributed by atoms with Gasteiger partial charge in [0.15, 0.2) is 0 Å². The molecule has 18 heavy (non-hydrogen) atoms. The summed E-state index contributed by atoms with van der Waals surface area (Å²) in [6, 6.07) is 6.77. The van der Waals surface area contributed by atoms with Crippen molar-refractivity contribution in [2.75, 3.05) is 5.32 Å². The number of anilines is 1. The van der Waals surface area contributed by atoms with Crippen molar-refractivity contribution in [2.45, 2.75) is 37.9 Å². The minimum absolute atomic E-state index is 0.228. The monoisotopic (exact) mass is 321 g/mol. The van der Waals surface area contributed by atoms with Crippen molar-refractivity contribution < 1.29 is 13.2 Å². The zero-order valence-corrected chi connectivity index (χ0v) is 11.4. The number of benzene rings is 1. The summed E-state index contributed by atoms with van der Waals surface area (Å²) in [5, 5.41) is 3.04. The quantitative estimate of drug-likeness (QED) is 0.809. The Balaban J connectivity index is 2.13. The van der Waals surface area contributed by atoms with E-state index in [4.69, 9.17) is 0 Å². The van der Waals surface area contributed by atoms with Crippen molar-refractivity contribution in [2.24, 2.45) is 5.92 Å². The smallest absolute Gasteiger partial charge is 0.381 e. The maximum atomic E-state index is 12.9. The van der Waals surface area contributed by atoms with E-state index >= 15 is 0 Å². The first kappa shape index (κ1) is 13.7. The van der Waals surface area contributed by atoms with Gasteiger partial charge in [-0.25, -0.2) is 0 Å². The molecule has 100 valence electrons. The molecule has 1 aromatic carbocycles. The van der Waals surface area contributed by atoms with E-state index in [1.165, 1.54) is 0 Å². The summed E-state index contributed by atoms with van der Waals surface area (Å²) in [7, 11) is 0. The van der Waals surface area contributed by atoms with Crippen LogP contribution in [0.5, 0.6) is 0 Å². The summed E-state index contributed by atoms with van der Waals surface area (Å²) >= 11 is 3.35. The number of alkyl halides is 3. The van der Waals surface area contributed by atoms with Gasteiger partial charge in [0, 0.05) is 16.2 Å². The third kappa shape index (κ3) is 3.19. The van der Waals surface area contributed by atoms with Crippen molar-refractivity contribution in [1.29, 1.82) is 0 Å². The molecule has 1 fully saturated rings. The second-order valence-electron chi connectivity index (χ2n) is 4.66. The summed E-state index contributed by atoms with van der Waals surface area (Å²) in [5.41, 5.74) is 0.735. The van der Waals surface area contributed by atoms with Crippen molar-refractivity contribution in [3.63, 3.8) is 0 Å². The summed E-state index contributed by atoms with van der Waals surface area (Å²) < 4.78 is 39.6. The van der Waals surface area contributed by atoms with E-state index in [9.17, 15) is 13.2 Å². The first-order valence-electron chi connectivity index (χ1n) is 6.06. The van der Waals surface area contributed by atoms with Gasteiger partial charge in [0.1, 0.15) is 0 Å². The molecule has 0 radical (unpaired) electrons. The Hall–Kier alpha value is -0.710. The highest BCUT2D eigenvalue weighted by atomic mass is 79.9. The van der Waals surface area contributed by atoms with Crippen LogP contribution in [0.4, 0.5) is 18.9 Å². The van der Waals surface area contributed by atoms with Gasteiger partial charge in [-0.2, -0.15) is 13.2 Å². The molecule has 1 nitrogen and oxygen atoms in total. The topological polar surface area (TPSA) is 12.0 Å². The summed E-state index contributed by atoms with van der Waals surface area (Å²) in [4.78, 5) is 0. The molecule has 1 aliphatic carbocycles. The number of hydrogen-bond acceptors (Lipinski definition) is 1. The third-order valence-corrected chi connectivity index (χ3v) is 4.09. The van der Waals surface area contributed by atoms with Crippen LogP contribution in [0, 0.1) is 5.92 Å². The zero-order valence-electron chi connectivity index (χ0n) is 9.80. The Morgan fingerprint density at radius 3 is 2.44 bits per heavy atom. The van der Waals surface area contributed by atoms with E-state index in [2.05, 4.69) is 21.2 Å². The Kier molecular flexibility index (Phi) is 4.20. The molecule has 2 unspecified atom stereocenters. The van der Waals surface area contributed by atoms with Gasteiger partial charge in [0.2, 0.25) is 0 Å². The lowest BCUT2D eigenvalue weighted by Crippen LogP contribution is -2.41. The lowest BCUT2D eigenvalue weighted by Gasteiger charge is -2.34. The fourth-order valence-corrected chi connectivity index (χ4v) is 2.87. The van der Waals surface area contributed by atoms with Crippen LogP contribution in [0.1, 0.15) is 25.7 Å². The minimum atomic E-state index is -4.11. The van der Waals surface area contributed by atoms with Crippen molar-refractivity contribution in [1.82, 2.24) is 0 Å². The maximum Gasteiger partial charge on any atom is 0.393 e. The van der Waals surface area contributed by atoms with Crippen LogP contribution >= 0.6 is 15.9 Å². The lowest BCUT2D eigenvalue weighted by molar-refractivity contribution is -0.184. The van der Waals surface area contributed by atoms with E-state index in [0.717, 1.165) is 16.6 Å². The summed E-state index contributed by atoms with van der Waals surface area (Å²) in [6.07, 6.45) is -1.79. The van der Waals surface area contributed by atoms with Gasteiger partial charge < -0.3 is 5.32 Å². The van der Waals surface area contributed by atoms with Crippen LogP contribution in [0.2, 0.25) is 0 Å². The van der Waals surface area contributed by atoms with Gasteiger partial charge in [-0.05, 0) is 40.9 Å². The number of para-hydroxylation sites is 1. The van der Waals surface area contributed by atoms with Crippen LogP contribution < -0.4 is 5.32 Å². The minimum Gasteiger partial charge on any atom is -0.381 e. The van der Waals surface area contributed by atoms with Crippen LogP contribution in [0.25, 0.3) is 0 Å². The Morgan fingerprint density at radius 2 is 1.78 bits per heavy atom. The number of nitrogens with one attached hydrogen (secondary N) is 1. The molecular formula is C13H15BrF3N. The fourth-order valence-electron chi connectivity index (χ4n) is 2.47. The van der Waals surface area contributed by atoms with E-state index in [-0.39, 0.29) is 6.42 Å². The molecule has 2 rings (SSSR count). The molecule has 0 aromatic heterocycles. The molecule has 0 aliphatic heterocycles. The Bertz CT molecular complexity index is 405. The first-order valence-corrected chi connectivity index (χ1v) is 6.85. The fraction of sp³-hybridized carbons (Fsp3) is 0.538. The lowest BCUT2D eigenvalue weighted by atomic mass is 9.84. The highest BCUT2D eigenvalue weighted by Crippen LogP contribution is 2.39.